The number of aromatic nitrogens is 1. The van der Waals surface area contributed by atoms with Crippen LogP contribution in [0.4, 0.5) is 5.82 Å². The molecule has 4 heteroatoms. The van der Waals surface area contributed by atoms with Gasteiger partial charge in [0.2, 0.25) is 0 Å². The van der Waals surface area contributed by atoms with Crippen molar-refractivity contribution >= 4 is 28.3 Å². The lowest BCUT2D eigenvalue weighted by atomic mass is 10.0. The van der Waals surface area contributed by atoms with Gasteiger partial charge in [0.15, 0.2) is 0 Å². The van der Waals surface area contributed by atoms with Crippen molar-refractivity contribution in [2.45, 2.75) is 6.92 Å². The minimum atomic E-state index is 0.661. The van der Waals surface area contributed by atoms with Crippen molar-refractivity contribution in [1.82, 2.24) is 4.98 Å². The van der Waals surface area contributed by atoms with Crippen molar-refractivity contribution in [2.24, 2.45) is 5.84 Å². The van der Waals surface area contributed by atoms with Gasteiger partial charge in [0.1, 0.15) is 5.82 Å². The summed E-state index contributed by atoms with van der Waals surface area (Å²) in [6.07, 6.45) is 0. The molecule has 3 N–H and O–H groups in total. The van der Waals surface area contributed by atoms with E-state index in [1.54, 1.807) is 0 Å². The maximum absolute atomic E-state index is 5.93. The molecule has 100 valence electrons. The highest BCUT2D eigenvalue weighted by Crippen LogP contribution is 2.31. The number of rotatable bonds is 2. The first-order chi connectivity index (χ1) is 9.69. The number of nitrogens with one attached hydrogen (secondary N) is 1. The van der Waals surface area contributed by atoms with Crippen LogP contribution in [-0.2, 0) is 0 Å². The van der Waals surface area contributed by atoms with Gasteiger partial charge in [-0.15, -0.1) is 0 Å². The fraction of sp³-hybridized carbons (Fsp3) is 0.0625. The van der Waals surface area contributed by atoms with Crippen LogP contribution in [0.15, 0.2) is 48.5 Å². The van der Waals surface area contributed by atoms with Crippen LogP contribution >= 0.6 is 11.6 Å². The minimum absolute atomic E-state index is 0.661. The number of hydrogen-bond donors (Lipinski definition) is 2. The second-order valence-electron chi connectivity index (χ2n) is 4.68. The summed E-state index contributed by atoms with van der Waals surface area (Å²) < 4.78 is 0. The molecule has 1 heterocycles. The van der Waals surface area contributed by atoms with E-state index in [2.05, 4.69) is 22.5 Å². The maximum Gasteiger partial charge on any atom is 0.148 e. The average molecular weight is 284 g/mol. The molecule has 0 bridgehead atoms. The highest BCUT2D eigenvalue weighted by molar-refractivity contribution is 6.30. The first kappa shape index (κ1) is 12.9. The molecule has 0 aliphatic carbocycles. The van der Waals surface area contributed by atoms with Crippen LogP contribution in [0.3, 0.4) is 0 Å². The van der Waals surface area contributed by atoms with E-state index in [1.165, 1.54) is 0 Å². The Balaban J connectivity index is 2.26. The second-order valence-corrected chi connectivity index (χ2v) is 5.12. The lowest BCUT2D eigenvalue weighted by Gasteiger charge is -2.11. The van der Waals surface area contributed by atoms with Gasteiger partial charge < -0.3 is 5.43 Å². The number of hydrogen-bond acceptors (Lipinski definition) is 3. The van der Waals surface area contributed by atoms with Crippen LogP contribution in [0.2, 0.25) is 5.02 Å². The Morgan fingerprint density at radius 1 is 1.10 bits per heavy atom. The zero-order chi connectivity index (χ0) is 14.1. The molecule has 3 rings (SSSR count). The number of hydrazine groups is 1. The summed E-state index contributed by atoms with van der Waals surface area (Å²) >= 11 is 5.93. The maximum atomic E-state index is 5.93. The van der Waals surface area contributed by atoms with Crippen molar-refractivity contribution in [1.29, 1.82) is 0 Å². The van der Waals surface area contributed by atoms with Crippen LogP contribution in [-0.4, -0.2) is 4.98 Å². The monoisotopic (exact) mass is 283 g/mol. The Labute approximate surface area is 122 Å². The number of para-hydroxylation sites is 1. The van der Waals surface area contributed by atoms with Gasteiger partial charge in [-0.1, -0.05) is 41.9 Å². The number of pyridine rings is 1. The first-order valence-corrected chi connectivity index (χ1v) is 6.70. The topological polar surface area (TPSA) is 50.9 Å². The highest BCUT2D eigenvalue weighted by atomic mass is 35.5. The van der Waals surface area contributed by atoms with Crippen molar-refractivity contribution in [2.75, 3.05) is 5.43 Å². The molecule has 1 aromatic heterocycles. The molecule has 0 amide bonds. The molecular formula is C16H14ClN3. The smallest absolute Gasteiger partial charge is 0.148 e. The summed E-state index contributed by atoms with van der Waals surface area (Å²) in [4.78, 5) is 4.62. The largest absolute Gasteiger partial charge is 0.308 e. The Kier molecular flexibility index (Phi) is 3.30. The van der Waals surface area contributed by atoms with Crippen LogP contribution in [0.1, 0.15) is 5.56 Å². The molecule has 0 spiro atoms. The molecule has 0 aliphatic heterocycles. The number of aryl methyl sites for hydroxylation is 1. The summed E-state index contributed by atoms with van der Waals surface area (Å²) in [7, 11) is 0. The Hall–Kier alpha value is -2.10. The lowest BCUT2D eigenvalue weighted by Crippen LogP contribution is -2.10. The molecule has 0 aliphatic rings. The third kappa shape index (κ3) is 2.22. The van der Waals surface area contributed by atoms with Gasteiger partial charge in [0, 0.05) is 16.0 Å². The molecule has 3 nitrogen and oxygen atoms in total. The van der Waals surface area contributed by atoms with Crippen LogP contribution in [0, 0.1) is 6.92 Å². The summed E-state index contributed by atoms with van der Waals surface area (Å²) in [6.45, 7) is 2.04. The summed E-state index contributed by atoms with van der Waals surface area (Å²) in [6, 6.07) is 15.8. The highest BCUT2D eigenvalue weighted by Gasteiger charge is 2.09. The number of nitrogens with zero attached hydrogens (tertiary/aromatic N) is 1. The van der Waals surface area contributed by atoms with E-state index in [4.69, 9.17) is 17.4 Å². The zero-order valence-electron chi connectivity index (χ0n) is 11.0. The van der Waals surface area contributed by atoms with Crippen LogP contribution in [0.5, 0.6) is 0 Å². The molecule has 0 fully saturated rings. The normalized spacial score (nSPS) is 10.8. The van der Waals surface area contributed by atoms with Gasteiger partial charge in [0.05, 0.1) is 5.52 Å². The van der Waals surface area contributed by atoms with Crippen molar-refractivity contribution in [3.63, 3.8) is 0 Å². The predicted molar refractivity (Wildman–Crippen MR) is 84.7 cm³/mol. The number of halogens is 1. The molecule has 0 saturated carbocycles. The Bertz CT molecular complexity index is 767. The molecule has 0 atom stereocenters. The molecule has 20 heavy (non-hydrogen) atoms. The van der Waals surface area contributed by atoms with Crippen molar-refractivity contribution in [3.8, 4) is 11.1 Å². The van der Waals surface area contributed by atoms with E-state index in [1.807, 2.05) is 43.3 Å². The van der Waals surface area contributed by atoms with Gasteiger partial charge in [0.25, 0.3) is 0 Å². The summed E-state index contributed by atoms with van der Waals surface area (Å²) in [5, 5.41) is 1.80. The van der Waals surface area contributed by atoms with Gasteiger partial charge in [-0.25, -0.2) is 10.8 Å². The zero-order valence-corrected chi connectivity index (χ0v) is 11.8. The Morgan fingerprint density at radius 3 is 2.55 bits per heavy atom. The van der Waals surface area contributed by atoms with E-state index in [9.17, 15) is 0 Å². The van der Waals surface area contributed by atoms with Gasteiger partial charge in [-0.3, -0.25) is 0 Å². The average Bonchev–Trinajstić information content (AvgIpc) is 2.47. The fourth-order valence-electron chi connectivity index (χ4n) is 2.31. The third-order valence-corrected chi connectivity index (χ3v) is 3.59. The number of fused-ring (bicyclic) bond motifs is 1. The van der Waals surface area contributed by atoms with E-state index < -0.39 is 0 Å². The first-order valence-electron chi connectivity index (χ1n) is 6.32. The number of benzene rings is 2. The van der Waals surface area contributed by atoms with Gasteiger partial charge in [-0.05, 0) is 36.2 Å². The molecule has 0 saturated heterocycles. The third-order valence-electron chi connectivity index (χ3n) is 3.34. The van der Waals surface area contributed by atoms with E-state index in [0.717, 1.165) is 27.6 Å². The quantitative estimate of drug-likeness (QED) is 0.549. The van der Waals surface area contributed by atoms with Gasteiger partial charge >= 0.3 is 0 Å². The van der Waals surface area contributed by atoms with Gasteiger partial charge in [-0.2, -0.15) is 0 Å². The molecule has 3 aromatic rings. The fourth-order valence-corrected chi connectivity index (χ4v) is 2.43. The standard InChI is InChI=1S/C16H14ClN3/c1-10-3-2-4-12-9-14(16(20-18)19-15(10)12)11-5-7-13(17)8-6-11/h2-9H,18H2,1H3,(H,19,20). The van der Waals surface area contributed by atoms with Crippen LogP contribution < -0.4 is 11.3 Å². The van der Waals surface area contributed by atoms with E-state index in [-0.39, 0.29) is 0 Å². The van der Waals surface area contributed by atoms with Crippen LogP contribution in [0.25, 0.3) is 22.0 Å². The van der Waals surface area contributed by atoms with Crippen molar-refractivity contribution < 1.29 is 0 Å². The molecular weight excluding hydrogens is 270 g/mol. The summed E-state index contributed by atoms with van der Waals surface area (Å²) in [5.41, 5.74) is 6.75. The predicted octanol–water partition coefficient (Wildman–Crippen LogP) is 4.15. The molecule has 2 aromatic carbocycles. The SMILES string of the molecule is Cc1cccc2cc(-c3ccc(Cl)cc3)c(NN)nc12. The number of nitrogen functional groups attached to an aromatic ring is 1. The molecule has 0 unspecified atom stereocenters. The minimum Gasteiger partial charge on any atom is -0.308 e. The van der Waals surface area contributed by atoms with E-state index in [0.29, 0.717) is 10.8 Å². The Morgan fingerprint density at radius 2 is 1.85 bits per heavy atom. The summed E-state index contributed by atoms with van der Waals surface area (Å²) in [5.74, 6) is 6.28. The lowest BCUT2D eigenvalue weighted by molar-refractivity contribution is 1.25. The molecule has 0 radical (unpaired) electrons. The van der Waals surface area contributed by atoms with E-state index >= 15 is 0 Å². The van der Waals surface area contributed by atoms with Crippen molar-refractivity contribution in [3.05, 3.63) is 59.1 Å². The second kappa shape index (κ2) is 5.12. The number of nitrogens with two attached hydrogens (primary N) is 1. The number of anilines is 1.